The number of amides is 1. The second kappa shape index (κ2) is 7.21. The van der Waals surface area contributed by atoms with Crippen molar-refractivity contribution in [3.05, 3.63) is 30.1 Å². The van der Waals surface area contributed by atoms with Crippen molar-refractivity contribution in [3.63, 3.8) is 0 Å². The van der Waals surface area contributed by atoms with E-state index in [1.54, 1.807) is 6.20 Å². The van der Waals surface area contributed by atoms with Gasteiger partial charge in [-0.05, 0) is 30.9 Å². The first-order chi connectivity index (χ1) is 9.24. The molecule has 1 aromatic rings. The Bertz CT molecular complexity index is 388. The van der Waals surface area contributed by atoms with Crippen molar-refractivity contribution in [3.8, 4) is 0 Å². The summed E-state index contributed by atoms with van der Waals surface area (Å²) in [5.74, 6) is 0.0966. The van der Waals surface area contributed by atoms with E-state index < -0.39 is 0 Å². The minimum Gasteiger partial charge on any atom is -0.355 e. The summed E-state index contributed by atoms with van der Waals surface area (Å²) in [6.07, 6.45) is 6.39. The van der Waals surface area contributed by atoms with Gasteiger partial charge in [-0.1, -0.05) is 6.07 Å². The van der Waals surface area contributed by atoms with Gasteiger partial charge in [-0.15, -0.1) is 0 Å². The van der Waals surface area contributed by atoms with E-state index in [0.29, 0.717) is 19.1 Å². The number of hydrogen-bond acceptors (Lipinski definition) is 4. The molecule has 5 heteroatoms. The Morgan fingerprint density at radius 2 is 2.26 bits per heavy atom. The lowest BCUT2D eigenvalue weighted by Crippen LogP contribution is -2.44. The van der Waals surface area contributed by atoms with Crippen LogP contribution in [0.25, 0.3) is 0 Å². The first kappa shape index (κ1) is 14.0. The minimum atomic E-state index is 0.0966. The van der Waals surface area contributed by atoms with E-state index in [4.69, 9.17) is 5.73 Å². The smallest absolute Gasteiger partial charge is 0.234 e. The Morgan fingerprint density at radius 3 is 2.95 bits per heavy atom. The monoisotopic (exact) mass is 262 g/mol. The summed E-state index contributed by atoms with van der Waals surface area (Å²) in [4.78, 5) is 18.0. The third-order valence-corrected chi connectivity index (χ3v) is 3.46. The molecule has 2 heterocycles. The summed E-state index contributed by atoms with van der Waals surface area (Å²) >= 11 is 0. The molecule has 0 spiro atoms. The van der Waals surface area contributed by atoms with Crippen LogP contribution >= 0.6 is 0 Å². The summed E-state index contributed by atoms with van der Waals surface area (Å²) in [6, 6.07) is 4.24. The van der Waals surface area contributed by atoms with Gasteiger partial charge < -0.3 is 11.1 Å². The molecule has 19 heavy (non-hydrogen) atoms. The van der Waals surface area contributed by atoms with Crippen LogP contribution in [0.2, 0.25) is 0 Å². The molecule has 0 unspecified atom stereocenters. The van der Waals surface area contributed by atoms with E-state index in [2.05, 4.69) is 15.2 Å². The van der Waals surface area contributed by atoms with E-state index in [9.17, 15) is 4.79 Å². The Labute approximate surface area is 114 Å². The average molecular weight is 262 g/mol. The zero-order chi connectivity index (χ0) is 13.5. The fourth-order valence-corrected chi connectivity index (χ4v) is 2.26. The van der Waals surface area contributed by atoms with Gasteiger partial charge in [-0.3, -0.25) is 14.7 Å². The number of rotatable bonds is 5. The third-order valence-electron chi connectivity index (χ3n) is 3.46. The normalized spacial score (nSPS) is 17.3. The molecule has 0 bridgehead atoms. The van der Waals surface area contributed by atoms with Gasteiger partial charge in [0.1, 0.15) is 0 Å². The van der Waals surface area contributed by atoms with E-state index >= 15 is 0 Å². The van der Waals surface area contributed by atoms with Crippen LogP contribution in [0.1, 0.15) is 18.4 Å². The first-order valence-corrected chi connectivity index (χ1v) is 6.87. The average Bonchev–Trinajstić information content (AvgIpc) is 2.43. The van der Waals surface area contributed by atoms with Gasteiger partial charge in [-0.25, -0.2) is 0 Å². The highest BCUT2D eigenvalue weighted by molar-refractivity contribution is 5.78. The number of nitrogens with two attached hydrogens (primary N) is 1. The molecule has 1 aromatic heterocycles. The van der Waals surface area contributed by atoms with Crippen molar-refractivity contribution in [1.29, 1.82) is 0 Å². The van der Waals surface area contributed by atoms with E-state index in [-0.39, 0.29) is 5.91 Å². The molecule has 2 rings (SSSR count). The molecule has 0 radical (unpaired) electrons. The second-order valence-corrected chi connectivity index (χ2v) is 5.07. The number of hydrogen-bond donors (Lipinski definition) is 2. The molecular weight excluding hydrogens is 240 g/mol. The largest absolute Gasteiger partial charge is 0.355 e. The third kappa shape index (κ3) is 4.96. The highest BCUT2D eigenvalue weighted by Crippen LogP contribution is 2.07. The molecule has 104 valence electrons. The van der Waals surface area contributed by atoms with Crippen LogP contribution in [-0.4, -0.2) is 48.0 Å². The Morgan fingerprint density at radius 1 is 1.47 bits per heavy atom. The zero-order valence-electron chi connectivity index (χ0n) is 11.2. The van der Waals surface area contributed by atoms with Gasteiger partial charge >= 0.3 is 0 Å². The quantitative estimate of drug-likeness (QED) is 0.793. The highest BCUT2D eigenvalue weighted by Gasteiger charge is 2.17. The van der Waals surface area contributed by atoms with Gasteiger partial charge in [0.25, 0.3) is 0 Å². The van der Waals surface area contributed by atoms with Crippen molar-refractivity contribution in [1.82, 2.24) is 15.2 Å². The maximum atomic E-state index is 11.8. The Hall–Kier alpha value is -1.46. The van der Waals surface area contributed by atoms with Crippen LogP contribution in [0.4, 0.5) is 0 Å². The van der Waals surface area contributed by atoms with Crippen LogP contribution in [0.15, 0.2) is 24.5 Å². The maximum absolute atomic E-state index is 11.8. The Balaban J connectivity index is 1.62. The van der Waals surface area contributed by atoms with Gasteiger partial charge in [0.2, 0.25) is 5.91 Å². The number of carbonyl (C=O) groups excluding carboxylic acids is 1. The molecule has 0 aromatic carbocycles. The molecule has 1 amide bonds. The number of nitrogens with zero attached hydrogens (tertiary/aromatic N) is 2. The molecule has 0 aliphatic carbocycles. The molecule has 1 aliphatic rings. The van der Waals surface area contributed by atoms with Crippen LogP contribution in [0, 0.1) is 0 Å². The topological polar surface area (TPSA) is 71.2 Å². The van der Waals surface area contributed by atoms with E-state index in [1.165, 1.54) is 0 Å². The van der Waals surface area contributed by atoms with Gasteiger partial charge in [0, 0.05) is 38.1 Å². The fourth-order valence-electron chi connectivity index (χ4n) is 2.26. The molecule has 3 N–H and O–H groups in total. The van der Waals surface area contributed by atoms with Crippen LogP contribution in [0.5, 0.6) is 0 Å². The van der Waals surface area contributed by atoms with Gasteiger partial charge in [0.05, 0.1) is 6.54 Å². The minimum absolute atomic E-state index is 0.0966. The molecule has 1 fully saturated rings. The van der Waals surface area contributed by atoms with Crippen molar-refractivity contribution in [2.75, 3.05) is 26.2 Å². The van der Waals surface area contributed by atoms with Crippen molar-refractivity contribution < 1.29 is 4.79 Å². The number of pyridine rings is 1. The number of piperidine rings is 1. The van der Waals surface area contributed by atoms with Crippen molar-refractivity contribution in [2.45, 2.75) is 25.3 Å². The SMILES string of the molecule is NC1CCN(CC(=O)NCCc2cccnc2)CC1. The lowest BCUT2D eigenvalue weighted by atomic mass is 10.1. The zero-order valence-corrected chi connectivity index (χ0v) is 11.2. The van der Waals surface area contributed by atoms with E-state index in [1.807, 2.05) is 18.3 Å². The summed E-state index contributed by atoms with van der Waals surface area (Å²) < 4.78 is 0. The maximum Gasteiger partial charge on any atom is 0.234 e. The lowest BCUT2D eigenvalue weighted by molar-refractivity contribution is -0.122. The fraction of sp³-hybridized carbons (Fsp3) is 0.571. The molecule has 0 saturated carbocycles. The summed E-state index contributed by atoms with van der Waals surface area (Å²) in [7, 11) is 0. The molecule has 0 atom stereocenters. The van der Waals surface area contributed by atoms with Crippen LogP contribution in [-0.2, 0) is 11.2 Å². The van der Waals surface area contributed by atoms with Crippen LogP contribution in [0.3, 0.4) is 0 Å². The summed E-state index contributed by atoms with van der Waals surface area (Å²) in [5.41, 5.74) is 6.98. The van der Waals surface area contributed by atoms with Crippen molar-refractivity contribution >= 4 is 5.91 Å². The number of nitrogens with one attached hydrogen (secondary N) is 1. The molecule has 1 saturated heterocycles. The summed E-state index contributed by atoms with van der Waals surface area (Å²) in [6.45, 7) is 3.01. The van der Waals surface area contributed by atoms with Crippen LogP contribution < -0.4 is 11.1 Å². The Kier molecular flexibility index (Phi) is 5.30. The molecule has 5 nitrogen and oxygen atoms in total. The molecular formula is C14H22N4O. The second-order valence-electron chi connectivity index (χ2n) is 5.07. The lowest BCUT2D eigenvalue weighted by Gasteiger charge is -2.29. The van der Waals surface area contributed by atoms with Gasteiger partial charge in [-0.2, -0.15) is 0 Å². The first-order valence-electron chi connectivity index (χ1n) is 6.87. The standard InChI is InChI=1S/C14H22N4O/c15-13-4-8-18(9-5-13)11-14(19)17-7-3-12-2-1-6-16-10-12/h1-2,6,10,13H,3-5,7-9,11,15H2,(H,17,19). The predicted molar refractivity (Wildman–Crippen MR) is 74.6 cm³/mol. The predicted octanol–water partition coefficient (Wildman–Crippen LogP) is 0.163. The number of carbonyl (C=O) groups is 1. The highest BCUT2D eigenvalue weighted by atomic mass is 16.2. The molecule has 1 aliphatic heterocycles. The number of aromatic nitrogens is 1. The summed E-state index contributed by atoms with van der Waals surface area (Å²) in [5, 5.41) is 2.95. The number of likely N-dealkylation sites (tertiary alicyclic amines) is 1. The van der Waals surface area contributed by atoms with Crippen molar-refractivity contribution in [2.24, 2.45) is 5.73 Å². The van der Waals surface area contributed by atoms with Gasteiger partial charge in [0.15, 0.2) is 0 Å². The van der Waals surface area contributed by atoms with E-state index in [0.717, 1.165) is 37.9 Å².